The van der Waals surface area contributed by atoms with Crippen LogP contribution in [0, 0.1) is 6.92 Å². The zero-order valence-electron chi connectivity index (χ0n) is 23.0. The van der Waals surface area contributed by atoms with Gasteiger partial charge in [-0.25, -0.2) is 0 Å². The van der Waals surface area contributed by atoms with Gasteiger partial charge in [-0.2, -0.15) is 13.5 Å². The van der Waals surface area contributed by atoms with Gasteiger partial charge in [-0.1, -0.05) is 87.7 Å². The van der Waals surface area contributed by atoms with Crippen molar-refractivity contribution in [1.29, 1.82) is 0 Å². The molecule has 1 amide bonds. The molecule has 0 aliphatic rings. The molecule has 0 radical (unpaired) electrons. The lowest BCUT2D eigenvalue weighted by Crippen LogP contribution is -2.25. The molecule has 0 aliphatic carbocycles. The Bertz CT molecular complexity index is 1340. The summed E-state index contributed by atoms with van der Waals surface area (Å²) in [5.41, 5.74) is 4.28. The van der Waals surface area contributed by atoms with E-state index in [1.165, 1.54) is 10.2 Å². The fourth-order valence-electron chi connectivity index (χ4n) is 4.10. The van der Waals surface area contributed by atoms with Crippen LogP contribution in [0.1, 0.15) is 85.7 Å². The summed E-state index contributed by atoms with van der Waals surface area (Å²) in [5, 5.41) is 7.79. The molecule has 0 bridgehead atoms. The van der Waals surface area contributed by atoms with Crippen molar-refractivity contribution in [3.63, 3.8) is 0 Å². The third-order valence-corrected chi connectivity index (χ3v) is 8.25. The van der Waals surface area contributed by atoms with Crippen LogP contribution in [0.15, 0.2) is 53.4 Å². The second-order valence-electron chi connectivity index (χ2n) is 10.8. The zero-order chi connectivity index (χ0) is 28.1. The molecule has 1 N–H and O–H groups in total. The fraction of sp³-hybridized carbons (Fsp3) is 0.448. The van der Waals surface area contributed by atoms with Crippen molar-refractivity contribution < 1.29 is 17.4 Å². The molecule has 1 heterocycles. The zero-order valence-corrected chi connectivity index (χ0v) is 24.6. The van der Waals surface area contributed by atoms with E-state index in [-0.39, 0.29) is 28.7 Å². The SMILES string of the molecule is Cc1ccc(S(=O)(=O)OCCCCC(C)c2nn(C)c(C(=O)NCc3ccc(C(C)(C)C)cc3)c2Cl)cc1. The highest BCUT2D eigenvalue weighted by Crippen LogP contribution is 2.30. The molecule has 0 aliphatic heterocycles. The normalized spacial score (nSPS) is 12.9. The van der Waals surface area contributed by atoms with Crippen LogP contribution in [-0.2, 0) is 33.3 Å². The summed E-state index contributed by atoms with van der Waals surface area (Å²) in [6.07, 6.45) is 2.02. The van der Waals surface area contributed by atoms with E-state index in [4.69, 9.17) is 15.8 Å². The van der Waals surface area contributed by atoms with Crippen molar-refractivity contribution in [3.05, 3.63) is 81.6 Å². The first-order chi connectivity index (χ1) is 17.8. The standard InChI is InChI=1S/C29H38ClN3O4S/c1-20-10-16-24(17-11-20)38(35,36)37-18-8-7-9-21(2)26-25(30)27(33(6)32-26)28(34)31-19-22-12-14-23(15-13-22)29(3,4)5/h10-17,21H,7-9,18-19H2,1-6H3,(H,31,34). The van der Waals surface area contributed by atoms with Gasteiger partial charge in [0.05, 0.1) is 22.2 Å². The number of unbranched alkanes of at least 4 members (excludes halogenated alkanes) is 1. The van der Waals surface area contributed by atoms with Crippen LogP contribution in [-0.4, -0.2) is 30.7 Å². The number of hydrogen-bond donors (Lipinski definition) is 1. The molecule has 3 rings (SSSR count). The van der Waals surface area contributed by atoms with E-state index in [9.17, 15) is 13.2 Å². The van der Waals surface area contributed by atoms with Gasteiger partial charge < -0.3 is 5.32 Å². The summed E-state index contributed by atoms with van der Waals surface area (Å²) >= 11 is 6.60. The number of rotatable bonds is 11. The van der Waals surface area contributed by atoms with Crippen LogP contribution in [0.25, 0.3) is 0 Å². The minimum atomic E-state index is -3.76. The van der Waals surface area contributed by atoms with Crippen molar-refractivity contribution in [3.8, 4) is 0 Å². The summed E-state index contributed by atoms with van der Waals surface area (Å²) in [5.74, 6) is -0.285. The van der Waals surface area contributed by atoms with Gasteiger partial charge in [0.2, 0.25) is 0 Å². The number of nitrogens with zero attached hydrogens (tertiary/aromatic N) is 2. The molecule has 9 heteroatoms. The fourth-order valence-corrected chi connectivity index (χ4v) is 5.47. The molecular formula is C29H38ClN3O4S. The molecule has 7 nitrogen and oxygen atoms in total. The number of nitrogens with one attached hydrogen (secondary N) is 1. The summed E-state index contributed by atoms with van der Waals surface area (Å²) in [6.45, 7) is 10.9. The third kappa shape index (κ3) is 7.68. The van der Waals surface area contributed by atoms with Crippen LogP contribution >= 0.6 is 11.6 Å². The predicted molar refractivity (Wildman–Crippen MR) is 151 cm³/mol. The lowest BCUT2D eigenvalue weighted by atomic mass is 9.87. The predicted octanol–water partition coefficient (Wildman–Crippen LogP) is 6.29. The summed E-state index contributed by atoms with van der Waals surface area (Å²) in [6, 6.07) is 14.8. The number of carbonyl (C=O) groups excluding carboxylic acids is 1. The van der Waals surface area contributed by atoms with E-state index in [2.05, 4.69) is 43.3 Å². The van der Waals surface area contributed by atoms with Crippen molar-refractivity contribution in [1.82, 2.24) is 15.1 Å². The van der Waals surface area contributed by atoms with E-state index < -0.39 is 10.1 Å². The molecule has 0 spiro atoms. The van der Waals surface area contributed by atoms with Crippen LogP contribution in [0.5, 0.6) is 0 Å². The molecule has 38 heavy (non-hydrogen) atoms. The first kappa shape index (κ1) is 29.9. The summed E-state index contributed by atoms with van der Waals surface area (Å²) < 4.78 is 31.3. The molecule has 3 aromatic rings. The molecule has 0 saturated carbocycles. The first-order valence-electron chi connectivity index (χ1n) is 12.9. The van der Waals surface area contributed by atoms with E-state index in [0.717, 1.165) is 24.0 Å². The van der Waals surface area contributed by atoms with Crippen molar-refractivity contribution in [2.45, 2.75) is 76.7 Å². The minimum absolute atomic E-state index is 0.00565. The van der Waals surface area contributed by atoms with E-state index in [0.29, 0.717) is 29.4 Å². The molecule has 1 unspecified atom stereocenters. The van der Waals surface area contributed by atoms with Gasteiger partial charge in [0.25, 0.3) is 16.0 Å². The highest BCUT2D eigenvalue weighted by atomic mass is 35.5. The Morgan fingerprint density at radius 3 is 2.32 bits per heavy atom. The van der Waals surface area contributed by atoms with Gasteiger partial charge >= 0.3 is 0 Å². The Hall–Kier alpha value is -2.68. The number of amides is 1. The van der Waals surface area contributed by atoms with Crippen molar-refractivity contribution in [2.75, 3.05) is 6.61 Å². The highest BCUT2D eigenvalue weighted by molar-refractivity contribution is 7.86. The largest absolute Gasteiger partial charge is 0.347 e. The van der Waals surface area contributed by atoms with Crippen LogP contribution in [0.2, 0.25) is 5.02 Å². The Kier molecular flexibility index (Phi) is 9.79. The highest BCUT2D eigenvalue weighted by Gasteiger charge is 2.24. The maximum Gasteiger partial charge on any atom is 0.296 e. The summed E-state index contributed by atoms with van der Waals surface area (Å²) in [7, 11) is -2.06. The quantitative estimate of drug-likeness (QED) is 0.220. The maximum atomic E-state index is 12.9. The minimum Gasteiger partial charge on any atom is -0.347 e. The Labute approximate surface area is 231 Å². The molecule has 206 valence electrons. The first-order valence-corrected chi connectivity index (χ1v) is 14.6. The average Bonchev–Trinajstić information content (AvgIpc) is 3.16. The summed E-state index contributed by atoms with van der Waals surface area (Å²) in [4.78, 5) is 13.1. The van der Waals surface area contributed by atoms with E-state index >= 15 is 0 Å². The number of aryl methyl sites for hydroxylation is 2. The van der Waals surface area contributed by atoms with Gasteiger partial charge in [-0.3, -0.25) is 13.7 Å². The van der Waals surface area contributed by atoms with Gasteiger partial charge in [0.1, 0.15) is 5.69 Å². The molecule has 1 aromatic heterocycles. The van der Waals surface area contributed by atoms with Gasteiger partial charge in [-0.15, -0.1) is 0 Å². The second kappa shape index (κ2) is 12.5. The molecule has 0 fully saturated rings. The van der Waals surface area contributed by atoms with Gasteiger partial charge in [-0.05, 0) is 48.4 Å². The number of benzene rings is 2. The van der Waals surface area contributed by atoms with Gasteiger partial charge in [0, 0.05) is 19.5 Å². The molecule has 2 aromatic carbocycles. The third-order valence-electron chi connectivity index (χ3n) is 6.55. The van der Waals surface area contributed by atoms with Crippen LogP contribution in [0.4, 0.5) is 0 Å². The van der Waals surface area contributed by atoms with E-state index in [1.807, 2.05) is 26.0 Å². The van der Waals surface area contributed by atoms with Crippen molar-refractivity contribution in [2.24, 2.45) is 7.05 Å². The lowest BCUT2D eigenvalue weighted by molar-refractivity contribution is 0.0941. The lowest BCUT2D eigenvalue weighted by Gasteiger charge is -2.19. The molecular weight excluding hydrogens is 522 g/mol. The van der Waals surface area contributed by atoms with E-state index in [1.54, 1.807) is 31.3 Å². The number of hydrogen-bond acceptors (Lipinski definition) is 5. The Morgan fingerprint density at radius 2 is 1.71 bits per heavy atom. The smallest absolute Gasteiger partial charge is 0.296 e. The maximum absolute atomic E-state index is 12.9. The number of halogens is 1. The Balaban J connectivity index is 1.51. The molecule has 0 saturated heterocycles. The number of aromatic nitrogens is 2. The van der Waals surface area contributed by atoms with Crippen molar-refractivity contribution >= 4 is 27.6 Å². The average molecular weight is 560 g/mol. The monoisotopic (exact) mass is 559 g/mol. The van der Waals surface area contributed by atoms with Crippen LogP contribution in [0.3, 0.4) is 0 Å². The van der Waals surface area contributed by atoms with Gasteiger partial charge in [0.15, 0.2) is 0 Å². The Morgan fingerprint density at radius 1 is 1.08 bits per heavy atom. The second-order valence-corrected chi connectivity index (χ2v) is 12.8. The number of carbonyl (C=O) groups is 1. The topological polar surface area (TPSA) is 90.3 Å². The van der Waals surface area contributed by atoms with Crippen LogP contribution < -0.4 is 5.32 Å². The molecule has 1 atom stereocenters.